The average Bonchev–Trinajstić information content (AvgIpc) is 3.21. The number of benzene rings is 1. The molecule has 0 spiro atoms. The molecule has 136 valence electrons. The smallest absolute Gasteiger partial charge is 0.253 e. The summed E-state index contributed by atoms with van der Waals surface area (Å²) in [6.07, 6.45) is 11.0. The van der Waals surface area contributed by atoms with Gasteiger partial charge in [0.15, 0.2) is 0 Å². The summed E-state index contributed by atoms with van der Waals surface area (Å²) in [6, 6.07) is 10.4. The van der Waals surface area contributed by atoms with Gasteiger partial charge in [-0.05, 0) is 49.2 Å². The second kappa shape index (κ2) is 7.77. The Morgan fingerprint density at radius 3 is 2.35 bits per heavy atom. The van der Waals surface area contributed by atoms with Gasteiger partial charge in [0.1, 0.15) is 0 Å². The van der Waals surface area contributed by atoms with Crippen LogP contribution in [0, 0.1) is 12.3 Å². The summed E-state index contributed by atoms with van der Waals surface area (Å²) < 4.78 is 28.5. The molecule has 0 atom stereocenters. The fourth-order valence-corrected chi connectivity index (χ4v) is 4.07. The monoisotopic (exact) mass is 371 g/mol. The molecule has 0 bridgehead atoms. The lowest BCUT2D eigenvalue weighted by atomic mass is 10.0. The average molecular weight is 371 g/mol. The third-order valence-electron chi connectivity index (χ3n) is 4.58. The van der Waals surface area contributed by atoms with Crippen LogP contribution in [0.15, 0.2) is 53.7 Å². The quantitative estimate of drug-likeness (QED) is 0.816. The Balaban J connectivity index is 1.63. The molecule has 2 heterocycles. The molecule has 1 aromatic heterocycles. The molecule has 7 heteroatoms. The number of carbonyl (C=O) groups is 1. The Bertz CT molecular complexity index is 889. The van der Waals surface area contributed by atoms with Crippen molar-refractivity contribution in [2.24, 2.45) is 0 Å². The van der Waals surface area contributed by atoms with E-state index in [-0.39, 0.29) is 17.3 Å². The Morgan fingerprint density at radius 2 is 1.77 bits per heavy atom. The van der Waals surface area contributed by atoms with Crippen LogP contribution in [0.1, 0.15) is 29.2 Å². The van der Waals surface area contributed by atoms with Gasteiger partial charge in [-0.25, -0.2) is 8.42 Å². The van der Waals surface area contributed by atoms with E-state index >= 15 is 0 Å². The number of aromatic nitrogens is 1. The van der Waals surface area contributed by atoms with Gasteiger partial charge in [0.25, 0.3) is 5.91 Å². The van der Waals surface area contributed by atoms with Gasteiger partial charge in [0.05, 0.1) is 11.4 Å². The molecular formula is C19H21N3O3S. The molecule has 3 rings (SSSR count). The van der Waals surface area contributed by atoms with Crippen molar-refractivity contribution in [1.29, 1.82) is 0 Å². The first kappa shape index (κ1) is 18.2. The topological polar surface area (TPSA) is 71.4 Å². The summed E-state index contributed by atoms with van der Waals surface area (Å²) >= 11 is 0. The van der Waals surface area contributed by atoms with Crippen molar-refractivity contribution in [3.05, 3.63) is 54.4 Å². The Kier molecular flexibility index (Phi) is 5.45. The minimum absolute atomic E-state index is 0.0701. The molecule has 1 fully saturated rings. The highest BCUT2D eigenvalue weighted by molar-refractivity contribution is 7.89. The predicted molar refractivity (Wildman–Crippen MR) is 99.1 cm³/mol. The number of rotatable bonds is 5. The molecule has 1 aliphatic heterocycles. The Labute approximate surface area is 153 Å². The van der Waals surface area contributed by atoms with Crippen LogP contribution in [0.5, 0.6) is 0 Å². The number of carbonyl (C=O) groups excluding carboxylic acids is 1. The molecule has 26 heavy (non-hydrogen) atoms. The fourth-order valence-electron chi connectivity index (χ4n) is 3.14. The van der Waals surface area contributed by atoms with Crippen LogP contribution in [0.4, 0.5) is 0 Å². The predicted octanol–water partition coefficient (Wildman–Crippen LogP) is 1.88. The molecule has 0 aliphatic carbocycles. The number of hydrogen-bond acceptors (Lipinski definition) is 3. The summed E-state index contributed by atoms with van der Waals surface area (Å²) in [5.74, 6) is 2.15. The molecule has 1 amide bonds. The van der Waals surface area contributed by atoms with E-state index < -0.39 is 10.0 Å². The highest BCUT2D eigenvalue weighted by Crippen LogP contribution is 2.24. The van der Waals surface area contributed by atoms with Crippen LogP contribution < -0.4 is 4.72 Å². The van der Waals surface area contributed by atoms with Gasteiger partial charge in [-0.3, -0.25) is 4.79 Å². The lowest BCUT2D eigenvalue weighted by Gasteiger charge is -2.32. The largest absolute Gasteiger partial charge is 0.351 e. The number of likely N-dealkylation sites (tertiary alicyclic amines) is 1. The van der Waals surface area contributed by atoms with Gasteiger partial charge >= 0.3 is 0 Å². The number of nitrogens with zero attached hydrogens (tertiary/aromatic N) is 2. The lowest BCUT2D eigenvalue weighted by Crippen LogP contribution is -2.38. The molecular weight excluding hydrogens is 350 g/mol. The second-order valence-electron chi connectivity index (χ2n) is 6.21. The molecule has 0 unspecified atom stereocenters. The van der Waals surface area contributed by atoms with E-state index in [4.69, 9.17) is 6.42 Å². The third-order valence-corrected chi connectivity index (χ3v) is 5.99. The number of sulfonamides is 1. The third kappa shape index (κ3) is 3.98. The van der Waals surface area contributed by atoms with Crippen molar-refractivity contribution in [3.63, 3.8) is 0 Å². The van der Waals surface area contributed by atoms with Crippen LogP contribution in [-0.4, -0.2) is 43.4 Å². The van der Waals surface area contributed by atoms with E-state index in [9.17, 15) is 13.2 Å². The van der Waals surface area contributed by atoms with Crippen molar-refractivity contribution in [1.82, 2.24) is 14.2 Å². The van der Waals surface area contributed by atoms with Gasteiger partial charge < -0.3 is 9.47 Å². The summed E-state index contributed by atoms with van der Waals surface area (Å²) in [7, 11) is -3.64. The summed E-state index contributed by atoms with van der Waals surface area (Å²) in [5, 5.41) is 0. The Morgan fingerprint density at radius 1 is 1.15 bits per heavy atom. The highest BCUT2D eigenvalue weighted by Gasteiger charge is 2.24. The van der Waals surface area contributed by atoms with E-state index in [1.54, 1.807) is 12.1 Å². The van der Waals surface area contributed by atoms with Crippen LogP contribution in [0.3, 0.4) is 0 Å². The van der Waals surface area contributed by atoms with Crippen LogP contribution >= 0.6 is 0 Å². The Hall–Kier alpha value is -2.56. The molecule has 1 aliphatic rings. The van der Waals surface area contributed by atoms with Crippen molar-refractivity contribution in [3.8, 4) is 12.3 Å². The second-order valence-corrected chi connectivity index (χ2v) is 7.97. The van der Waals surface area contributed by atoms with Crippen molar-refractivity contribution < 1.29 is 13.2 Å². The normalized spacial score (nSPS) is 15.6. The lowest BCUT2D eigenvalue weighted by molar-refractivity contribution is 0.0694. The number of piperidine rings is 1. The van der Waals surface area contributed by atoms with Gasteiger partial charge in [0.2, 0.25) is 10.0 Å². The minimum atomic E-state index is -3.64. The number of amides is 1. The maximum absolute atomic E-state index is 12.7. The summed E-state index contributed by atoms with van der Waals surface area (Å²) in [4.78, 5) is 14.6. The zero-order valence-corrected chi connectivity index (χ0v) is 15.2. The zero-order chi connectivity index (χ0) is 18.6. The maximum Gasteiger partial charge on any atom is 0.253 e. The minimum Gasteiger partial charge on any atom is -0.351 e. The molecule has 1 aromatic carbocycles. The number of terminal acetylenes is 1. The first-order chi connectivity index (χ1) is 12.5. The SMILES string of the molecule is C#CCNS(=O)(=O)c1ccc(C(=O)N2CCC(n3cccc3)CC2)cc1. The number of nitrogens with one attached hydrogen (secondary N) is 1. The molecule has 1 saturated heterocycles. The fraction of sp³-hybridized carbons (Fsp3) is 0.316. The highest BCUT2D eigenvalue weighted by atomic mass is 32.2. The van der Waals surface area contributed by atoms with Crippen LogP contribution in [-0.2, 0) is 10.0 Å². The van der Waals surface area contributed by atoms with E-state index in [1.165, 1.54) is 12.1 Å². The van der Waals surface area contributed by atoms with Crippen molar-refractivity contribution in [2.45, 2.75) is 23.8 Å². The van der Waals surface area contributed by atoms with Gasteiger partial charge in [-0.15, -0.1) is 6.42 Å². The van der Waals surface area contributed by atoms with Crippen molar-refractivity contribution >= 4 is 15.9 Å². The molecule has 2 aromatic rings. The van der Waals surface area contributed by atoms with E-state index in [2.05, 4.69) is 27.6 Å². The van der Waals surface area contributed by atoms with Crippen LogP contribution in [0.2, 0.25) is 0 Å². The van der Waals surface area contributed by atoms with Gasteiger partial charge in [0, 0.05) is 37.1 Å². The standard InChI is InChI=1S/C19H21N3O3S/c1-2-11-20-26(24,25)18-7-5-16(6-8-18)19(23)22-14-9-17(10-15-22)21-12-3-4-13-21/h1,3-8,12-13,17,20H,9-11,14-15H2. The van der Waals surface area contributed by atoms with E-state index in [1.807, 2.05) is 17.0 Å². The first-order valence-corrected chi connectivity index (χ1v) is 9.94. The van der Waals surface area contributed by atoms with Gasteiger partial charge in [-0.2, -0.15) is 4.72 Å². The molecule has 0 saturated carbocycles. The first-order valence-electron chi connectivity index (χ1n) is 8.46. The molecule has 1 N–H and O–H groups in total. The summed E-state index contributed by atoms with van der Waals surface area (Å²) in [5.41, 5.74) is 0.486. The maximum atomic E-state index is 12.7. The summed E-state index contributed by atoms with van der Waals surface area (Å²) in [6.45, 7) is 1.30. The van der Waals surface area contributed by atoms with E-state index in [0.717, 1.165) is 12.8 Å². The molecule has 0 radical (unpaired) electrons. The number of hydrogen-bond donors (Lipinski definition) is 1. The molecule has 6 nitrogen and oxygen atoms in total. The zero-order valence-electron chi connectivity index (χ0n) is 14.3. The van der Waals surface area contributed by atoms with Crippen molar-refractivity contribution in [2.75, 3.05) is 19.6 Å². The van der Waals surface area contributed by atoms with Gasteiger partial charge in [-0.1, -0.05) is 5.92 Å². The van der Waals surface area contributed by atoms with E-state index in [0.29, 0.717) is 24.7 Å². The van der Waals surface area contributed by atoms with Crippen LogP contribution in [0.25, 0.3) is 0 Å².